The van der Waals surface area contributed by atoms with Crippen LogP contribution in [0.15, 0.2) is 54.6 Å². The predicted molar refractivity (Wildman–Crippen MR) is 94.3 cm³/mol. The largest absolute Gasteiger partial charge is 0.381 e. The summed E-state index contributed by atoms with van der Waals surface area (Å²) in [4.78, 5) is 11.8. The highest BCUT2D eigenvalue weighted by Crippen LogP contribution is 2.11. The van der Waals surface area contributed by atoms with Gasteiger partial charge in [-0.25, -0.2) is 0 Å². The van der Waals surface area contributed by atoms with Gasteiger partial charge in [-0.05, 0) is 23.6 Å². The van der Waals surface area contributed by atoms with E-state index in [1.807, 2.05) is 61.5 Å². The highest BCUT2D eigenvalue weighted by Gasteiger charge is 2.05. The number of carbonyl (C=O) groups is 1. The predicted octanol–water partition coefficient (Wildman–Crippen LogP) is 3.45. The Balaban J connectivity index is 1.80. The quantitative estimate of drug-likeness (QED) is 0.680. The fraction of sp³-hybridized carbons (Fsp3) is 0.350. The fourth-order valence-corrected chi connectivity index (χ4v) is 2.32. The van der Waals surface area contributed by atoms with E-state index in [9.17, 15) is 4.79 Å². The van der Waals surface area contributed by atoms with Crippen molar-refractivity contribution in [2.24, 2.45) is 0 Å². The summed E-state index contributed by atoms with van der Waals surface area (Å²) >= 11 is 0. The summed E-state index contributed by atoms with van der Waals surface area (Å²) in [5.41, 5.74) is 3.33. The first kappa shape index (κ1) is 18.2. The second-order valence-electron chi connectivity index (χ2n) is 5.47. The molecule has 128 valence electrons. The molecule has 2 rings (SSSR count). The lowest BCUT2D eigenvalue weighted by Crippen LogP contribution is -2.24. The van der Waals surface area contributed by atoms with Gasteiger partial charge in [-0.1, -0.05) is 54.6 Å². The molecule has 0 saturated heterocycles. The van der Waals surface area contributed by atoms with E-state index in [2.05, 4.69) is 5.32 Å². The molecule has 0 fully saturated rings. The van der Waals surface area contributed by atoms with Crippen LogP contribution >= 0.6 is 0 Å². The molecule has 0 spiro atoms. The summed E-state index contributed by atoms with van der Waals surface area (Å²) < 4.78 is 11.0. The van der Waals surface area contributed by atoms with E-state index < -0.39 is 0 Å². The highest BCUT2D eigenvalue weighted by molar-refractivity contribution is 5.75. The number of benzene rings is 2. The van der Waals surface area contributed by atoms with E-state index >= 15 is 0 Å². The molecule has 0 bridgehead atoms. The summed E-state index contributed by atoms with van der Waals surface area (Å²) in [7, 11) is 0. The zero-order valence-corrected chi connectivity index (χ0v) is 14.2. The third kappa shape index (κ3) is 6.52. The van der Waals surface area contributed by atoms with Crippen molar-refractivity contribution in [2.45, 2.75) is 33.1 Å². The average molecular weight is 327 g/mol. The van der Waals surface area contributed by atoms with Gasteiger partial charge in [0.2, 0.25) is 5.91 Å². The molecule has 4 nitrogen and oxygen atoms in total. The summed E-state index contributed by atoms with van der Waals surface area (Å²) in [6, 6.07) is 18.1. The smallest absolute Gasteiger partial charge is 0.222 e. The topological polar surface area (TPSA) is 47.6 Å². The molecular weight excluding hydrogens is 302 g/mol. The Hall–Kier alpha value is -2.17. The molecule has 1 N–H and O–H groups in total. The number of amides is 1. The minimum Gasteiger partial charge on any atom is -0.381 e. The minimum absolute atomic E-state index is 0.00320. The van der Waals surface area contributed by atoms with Crippen molar-refractivity contribution in [1.29, 1.82) is 0 Å². The van der Waals surface area contributed by atoms with Crippen LogP contribution in [-0.4, -0.2) is 19.1 Å². The lowest BCUT2D eigenvalue weighted by atomic mass is 10.1. The molecule has 2 aromatic rings. The lowest BCUT2D eigenvalue weighted by molar-refractivity contribution is -0.122. The molecule has 4 heteroatoms. The number of rotatable bonds is 10. The van der Waals surface area contributed by atoms with Crippen LogP contribution in [0.5, 0.6) is 0 Å². The molecule has 0 aliphatic rings. The first-order valence-electron chi connectivity index (χ1n) is 8.32. The Morgan fingerprint density at radius 2 is 1.62 bits per heavy atom. The highest BCUT2D eigenvalue weighted by atomic mass is 16.5. The molecule has 0 aliphatic heterocycles. The van der Waals surface area contributed by atoms with Gasteiger partial charge in [0.1, 0.15) is 0 Å². The number of nitrogens with one attached hydrogen (secondary N) is 1. The summed E-state index contributed by atoms with van der Waals surface area (Å²) in [5.74, 6) is 0.00320. The van der Waals surface area contributed by atoms with Gasteiger partial charge in [0, 0.05) is 19.6 Å². The van der Waals surface area contributed by atoms with Crippen LogP contribution in [0, 0.1) is 0 Å². The maximum atomic E-state index is 11.8. The van der Waals surface area contributed by atoms with Gasteiger partial charge in [-0.3, -0.25) is 4.79 Å². The second kappa shape index (κ2) is 10.6. The van der Waals surface area contributed by atoms with E-state index in [1.165, 1.54) is 0 Å². The van der Waals surface area contributed by atoms with E-state index in [0.717, 1.165) is 16.7 Å². The summed E-state index contributed by atoms with van der Waals surface area (Å²) in [5, 5.41) is 2.93. The van der Waals surface area contributed by atoms with Crippen molar-refractivity contribution in [3.8, 4) is 0 Å². The van der Waals surface area contributed by atoms with Crippen LogP contribution in [0.1, 0.15) is 30.0 Å². The van der Waals surface area contributed by atoms with Crippen LogP contribution in [0.3, 0.4) is 0 Å². The zero-order chi connectivity index (χ0) is 17.0. The number of carbonyl (C=O) groups excluding carboxylic acids is 1. The van der Waals surface area contributed by atoms with Crippen molar-refractivity contribution < 1.29 is 14.3 Å². The number of hydrogen-bond donors (Lipinski definition) is 1. The minimum atomic E-state index is 0.00320. The van der Waals surface area contributed by atoms with Gasteiger partial charge in [0.15, 0.2) is 0 Å². The van der Waals surface area contributed by atoms with Gasteiger partial charge >= 0.3 is 0 Å². The van der Waals surface area contributed by atoms with Gasteiger partial charge in [-0.15, -0.1) is 0 Å². The molecule has 24 heavy (non-hydrogen) atoms. The molecule has 0 radical (unpaired) electrons. The van der Waals surface area contributed by atoms with E-state index in [4.69, 9.17) is 9.47 Å². The number of hydrogen-bond acceptors (Lipinski definition) is 3. The summed E-state index contributed by atoms with van der Waals surface area (Å²) in [6.45, 7) is 4.63. The second-order valence-corrected chi connectivity index (χ2v) is 5.47. The third-order valence-corrected chi connectivity index (χ3v) is 3.64. The molecule has 0 atom stereocenters. The van der Waals surface area contributed by atoms with Gasteiger partial charge in [0.05, 0.1) is 19.8 Å². The van der Waals surface area contributed by atoms with Crippen LogP contribution in [-0.2, 0) is 34.0 Å². The van der Waals surface area contributed by atoms with E-state index in [0.29, 0.717) is 39.4 Å². The average Bonchev–Trinajstić information content (AvgIpc) is 2.62. The van der Waals surface area contributed by atoms with Crippen LogP contribution < -0.4 is 5.32 Å². The molecule has 0 aliphatic carbocycles. The van der Waals surface area contributed by atoms with Crippen molar-refractivity contribution in [2.75, 3.05) is 13.2 Å². The third-order valence-electron chi connectivity index (χ3n) is 3.64. The van der Waals surface area contributed by atoms with Gasteiger partial charge < -0.3 is 14.8 Å². The zero-order valence-electron chi connectivity index (χ0n) is 14.2. The fourth-order valence-electron chi connectivity index (χ4n) is 2.32. The maximum absolute atomic E-state index is 11.8. The molecule has 0 saturated carbocycles. The monoisotopic (exact) mass is 327 g/mol. The first-order chi connectivity index (χ1) is 11.8. The lowest BCUT2D eigenvalue weighted by Gasteiger charge is -2.11. The molecule has 0 unspecified atom stereocenters. The van der Waals surface area contributed by atoms with Crippen molar-refractivity contribution in [3.63, 3.8) is 0 Å². The first-order valence-corrected chi connectivity index (χ1v) is 8.32. The van der Waals surface area contributed by atoms with Gasteiger partial charge in [0.25, 0.3) is 0 Å². The Morgan fingerprint density at radius 1 is 0.917 bits per heavy atom. The van der Waals surface area contributed by atoms with E-state index in [-0.39, 0.29) is 5.91 Å². The Kier molecular flexibility index (Phi) is 8.01. The molecule has 0 heterocycles. The van der Waals surface area contributed by atoms with Crippen molar-refractivity contribution in [3.05, 3.63) is 71.3 Å². The van der Waals surface area contributed by atoms with Crippen molar-refractivity contribution >= 4 is 5.91 Å². The standard InChI is InChI=1S/C20H25NO3/c1-2-23-13-12-20(22)21-14-18-10-6-7-11-19(18)16-24-15-17-8-4-3-5-9-17/h3-11H,2,12-16H2,1H3,(H,21,22). The van der Waals surface area contributed by atoms with Crippen LogP contribution in [0.25, 0.3) is 0 Å². The SMILES string of the molecule is CCOCCC(=O)NCc1ccccc1COCc1ccccc1. The Labute approximate surface area is 143 Å². The molecular formula is C20H25NO3. The van der Waals surface area contributed by atoms with Crippen LogP contribution in [0.4, 0.5) is 0 Å². The Morgan fingerprint density at radius 3 is 2.38 bits per heavy atom. The van der Waals surface area contributed by atoms with Gasteiger partial charge in [-0.2, -0.15) is 0 Å². The molecule has 0 aromatic heterocycles. The van der Waals surface area contributed by atoms with E-state index in [1.54, 1.807) is 0 Å². The molecule has 1 amide bonds. The molecule has 2 aromatic carbocycles. The maximum Gasteiger partial charge on any atom is 0.222 e. The van der Waals surface area contributed by atoms with Crippen molar-refractivity contribution in [1.82, 2.24) is 5.32 Å². The summed E-state index contributed by atoms with van der Waals surface area (Å²) in [6.07, 6.45) is 0.389. The Bertz CT molecular complexity index is 613. The van der Waals surface area contributed by atoms with Crippen LogP contribution in [0.2, 0.25) is 0 Å². The number of ether oxygens (including phenoxy) is 2. The normalized spacial score (nSPS) is 10.5.